The third-order valence-electron chi connectivity index (χ3n) is 4.50. The van der Waals surface area contributed by atoms with E-state index >= 15 is 0 Å². The molecule has 0 spiro atoms. The van der Waals surface area contributed by atoms with Gasteiger partial charge in [0.1, 0.15) is 0 Å². The van der Waals surface area contributed by atoms with E-state index in [2.05, 4.69) is 0 Å². The number of aliphatic hydroxyl groups is 1. The first kappa shape index (κ1) is 22.0. The Hall–Kier alpha value is -2.68. The summed E-state index contributed by atoms with van der Waals surface area (Å²) in [6, 6.07) is 18.5. The molecule has 0 saturated carbocycles. The first-order chi connectivity index (χ1) is 14.3. The number of hydrogen-bond acceptors (Lipinski definition) is 6. The predicted molar refractivity (Wildman–Crippen MR) is 119 cm³/mol. The van der Waals surface area contributed by atoms with Crippen LogP contribution in [0.2, 0.25) is 0 Å². The fourth-order valence-corrected chi connectivity index (χ4v) is 4.99. The number of nitrogens with zero attached hydrogens (tertiary/aromatic N) is 1. The highest BCUT2D eigenvalue weighted by Gasteiger charge is 2.25. The second-order valence-electron chi connectivity index (χ2n) is 6.56. The molecule has 0 aliphatic carbocycles. The number of carbonyl (C=O) groups excluding carboxylic acids is 2. The molecule has 0 saturated heterocycles. The van der Waals surface area contributed by atoms with E-state index in [0.29, 0.717) is 11.3 Å². The third kappa shape index (κ3) is 4.89. The largest absolute Gasteiger partial charge is 0.394 e. The Morgan fingerprint density at radius 2 is 1.63 bits per heavy atom. The summed E-state index contributed by atoms with van der Waals surface area (Å²) in [7, 11) is -3.92. The molecule has 0 radical (unpaired) electrons. The molecule has 0 amide bonds. The van der Waals surface area contributed by atoms with Crippen molar-refractivity contribution >= 4 is 49.1 Å². The lowest BCUT2D eigenvalue weighted by atomic mass is 10.1. The van der Waals surface area contributed by atoms with Crippen LogP contribution in [0.4, 0.5) is 5.69 Å². The molecule has 0 aliphatic heterocycles. The molecule has 6 nitrogen and oxygen atoms in total. The highest BCUT2D eigenvalue weighted by atomic mass is 32.2. The number of thioether (sulfide) groups is 1. The van der Waals surface area contributed by atoms with Crippen LogP contribution in [0.3, 0.4) is 0 Å². The van der Waals surface area contributed by atoms with Gasteiger partial charge in [-0.1, -0.05) is 42.1 Å². The Bertz CT molecular complexity index is 1170. The van der Waals surface area contributed by atoms with Crippen molar-refractivity contribution in [3.63, 3.8) is 0 Å². The minimum absolute atomic E-state index is 0.0322. The van der Waals surface area contributed by atoms with Crippen molar-refractivity contribution in [1.29, 1.82) is 0 Å². The number of rotatable bonds is 8. The summed E-state index contributed by atoms with van der Waals surface area (Å²) in [5, 5.41) is 11.0. The Morgan fingerprint density at radius 3 is 2.27 bits per heavy atom. The number of aliphatic hydroxyl groups excluding tert-OH is 1. The molecule has 3 aromatic rings. The van der Waals surface area contributed by atoms with Gasteiger partial charge < -0.3 is 5.11 Å². The Labute approximate surface area is 179 Å². The number of anilines is 1. The summed E-state index contributed by atoms with van der Waals surface area (Å²) >= 11 is 0.927. The molecule has 0 fully saturated rings. The van der Waals surface area contributed by atoms with Crippen LogP contribution in [-0.4, -0.2) is 43.3 Å². The van der Waals surface area contributed by atoms with Crippen molar-refractivity contribution in [1.82, 2.24) is 0 Å². The number of hydrogen-bond donors (Lipinski definition) is 1. The third-order valence-corrected chi connectivity index (χ3v) is 7.13. The molecule has 0 bridgehead atoms. The van der Waals surface area contributed by atoms with Crippen molar-refractivity contribution in [2.75, 3.05) is 23.2 Å². The van der Waals surface area contributed by atoms with Crippen LogP contribution in [0, 0.1) is 0 Å². The molecule has 8 heteroatoms. The van der Waals surface area contributed by atoms with Gasteiger partial charge in [0.25, 0.3) is 10.0 Å². The van der Waals surface area contributed by atoms with Crippen LogP contribution in [0.15, 0.2) is 71.6 Å². The van der Waals surface area contributed by atoms with Crippen molar-refractivity contribution in [2.24, 2.45) is 0 Å². The number of ketones is 1. The maximum absolute atomic E-state index is 13.3. The van der Waals surface area contributed by atoms with Gasteiger partial charge in [0, 0.05) is 12.5 Å². The zero-order valence-electron chi connectivity index (χ0n) is 16.3. The fourth-order valence-electron chi connectivity index (χ4n) is 3.00. The van der Waals surface area contributed by atoms with Gasteiger partial charge in [-0.15, -0.1) is 0 Å². The maximum atomic E-state index is 13.3. The smallest absolute Gasteiger partial charge is 0.264 e. The van der Waals surface area contributed by atoms with Crippen LogP contribution in [0.5, 0.6) is 0 Å². The molecule has 3 rings (SSSR count). The monoisotopic (exact) mass is 443 g/mol. The predicted octanol–water partition coefficient (Wildman–Crippen LogP) is 3.49. The molecular formula is C22H21NO5S2. The van der Waals surface area contributed by atoms with E-state index in [-0.39, 0.29) is 34.7 Å². The number of benzene rings is 3. The van der Waals surface area contributed by atoms with Gasteiger partial charge in [-0.2, -0.15) is 0 Å². The lowest BCUT2D eigenvalue weighted by molar-refractivity contribution is -0.109. The average Bonchev–Trinajstić information content (AvgIpc) is 2.75. The molecular weight excluding hydrogens is 422 g/mol. The van der Waals surface area contributed by atoms with E-state index in [4.69, 9.17) is 0 Å². The summed E-state index contributed by atoms with van der Waals surface area (Å²) < 4.78 is 27.7. The molecule has 30 heavy (non-hydrogen) atoms. The maximum Gasteiger partial charge on any atom is 0.264 e. The molecule has 0 aromatic heterocycles. The van der Waals surface area contributed by atoms with Crippen molar-refractivity contribution in [3.8, 4) is 0 Å². The molecule has 0 heterocycles. The van der Waals surface area contributed by atoms with Gasteiger partial charge in [-0.3, -0.25) is 13.9 Å². The second kappa shape index (κ2) is 9.42. The topological polar surface area (TPSA) is 91.8 Å². The number of sulfonamides is 1. The summed E-state index contributed by atoms with van der Waals surface area (Å²) in [6.45, 7) is 0.914. The highest BCUT2D eigenvalue weighted by Crippen LogP contribution is 2.26. The molecule has 0 aliphatic rings. The summed E-state index contributed by atoms with van der Waals surface area (Å²) in [5.41, 5.74) is 0.729. The normalized spacial score (nSPS) is 11.4. The Morgan fingerprint density at radius 1 is 0.967 bits per heavy atom. The van der Waals surface area contributed by atoms with Crippen LogP contribution >= 0.6 is 11.8 Å². The molecule has 0 atom stereocenters. The Balaban J connectivity index is 1.91. The van der Waals surface area contributed by atoms with Crippen molar-refractivity contribution in [2.45, 2.75) is 11.8 Å². The quantitative estimate of drug-likeness (QED) is 0.536. The Kier molecular flexibility index (Phi) is 6.91. The van der Waals surface area contributed by atoms with Gasteiger partial charge in [0.05, 0.1) is 29.5 Å². The number of carbonyl (C=O) groups is 2. The second-order valence-corrected chi connectivity index (χ2v) is 9.57. The van der Waals surface area contributed by atoms with Crippen LogP contribution in [-0.2, 0) is 14.8 Å². The first-order valence-electron chi connectivity index (χ1n) is 9.22. The van der Waals surface area contributed by atoms with Crippen LogP contribution < -0.4 is 4.31 Å². The van der Waals surface area contributed by atoms with E-state index in [1.54, 1.807) is 18.2 Å². The highest BCUT2D eigenvalue weighted by molar-refractivity contribution is 8.14. The minimum Gasteiger partial charge on any atom is -0.394 e. The van der Waals surface area contributed by atoms with Gasteiger partial charge in [-0.05, 0) is 47.2 Å². The molecule has 1 N–H and O–H groups in total. The number of fused-ring (bicyclic) bond motifs is 1. The minimum atomic E-state index is -3.92. The van der Waals surface area contributed by atoms with Gasteiger partial charge in [0.2, 0.25) is 0 Å². The first-order valence-corrected chi connectivity index (χ1v) is 11.6. The van der Waals surface area contributed by atoms with Gasteiger partial charge in [-0.25, -0.2) is 8.42 Å². The average molecular weight is 444 g/mol. The van der Waals surface area contributed by atoms with Crippen LogP contribution in [0.25, 0.3) is 10.8 Å². The lowest BCUT2D eigenvalue weighted by Crippen LogP contribution is -2.33. The standard InChI is InChI=1S/C22H21NO5S2/c1-16(25)29-15-22(26)18-6-9-20(10-7-18)23(12-13-24)30(27,28)21-11-8-17-4-2-3-5-19(17)14-21/h2-11,14,24H,12-13,15H2,1H3. The van der Waals surface area contributed by atoms with E-state index < -0.39 is 10.0 Å². The van der Waals surface area contributed by atoms with E-state index in [0.717, 1.165) is 26.8 Å². The molecule has 156 valence electrons. The summed E-state index contributed by atoms with van der Waals surface area (Å²) in [6.07, 6.45) is 0. The van der Waals surface area contributed by atoms with E-state index in [1.807, 2.05) is 24.3 Å². The van der Waals surface area contributed by atoms with Crippen molar-refractivity contribution in [3.05, 3.63) is 72.3 Å². The lowest BCUT2D eigenvalue weighted by Gasteiger charge is -2.24. The van der Waals surface area contributed by atoms with Gasteiger partial charge in [0.15, 0.2) is 10.9 Å². The van der Waals surface area contributed by atoms with E-state index in [9.17, 15) is 23.1 Å². The van der Waals surface area contributed by atoms with Crippen molar-refractivity contribution < 1.29 is 23.1 Å². The zero-order chi connectivity index (χ0) is 21.7. The molecule has 0 unspecified atom stereocenters. The van der Waals surface area contributed by atoms with E-state index in [1.165, 1.54) is 31.2 Å². The summed E-state index contributed by atoms with van der Waals surface area (Å²) in [5.74, 6) is -0.183. The summed E-state index contributed by atoms with van der Waals surface area (Å²) in [4.78, 5) is 23.3. The fraction of sp³-hybridized carbons (Fsp3) is 0.182. The van der Waals surface area contributed by atoms with Crippen LogP contribution in [0.1, 0.15) is 17.3 Å². The molecule has 3 aromatic carbocycles. The zero-order valence-corrected chi connectivity index (χ0v) is 17.9. The van der Waals surface area contributed by atoms with Gasteiger partial charge >= 0.3 is 0 Å². The SMILES string of the molecule is CC(=O)SCC(=O)c1ccc(N(CCO)S(=O)(=O)c2ccc3ccccc3c2)cc1. The number of Topliss-reactive ketones (excluding diaryl/α,β-unsaturated/α-hetero) is 1.